The van der Waals surface area contributed by atoms with Crippen LogP contribution < -0.4 is 16.8 Å². The molecule has 1 fully saturated rings. The number of hydrogen-bond donors (Lipinski definition) is 3. The first-order chi connectivity index (χ1) is 6.99. The highest BCUT2D eigenvalue weighted by atomic mass is 16.2. The van der Waals surface area contributed by atoms with Crippen molar-refractivity contribution in [1.82, 2.24) is 5.32 Å². The zero-order chi connectivity index (χ0) is 11.4. The van der Waals surface area contributed by atoms with Crippen molar-refractivity contribution >= 4 is 11.8 Å². The van der Waals surface area contributed by atoms with E-state index in [1.54, 1.807) is 0 Å². The number of nitrogens with one attached hydrogen (secondary N) is 1. The third-order valence-electron chi connectivity index (χ3n) is 2.53. The molecule has 2 unspecified atom stereocenters. The Morgan fingerprint density at radius 1 is 1.47 bits per heavy atom. The Morgan fingerprint density at radius 2 is 2.07 bits per heavy atom. The van der Waals surface area contributed by atoms with E-state index in [0.717, 1.165) is 12.3 Å². The number of primary amides is 1. The molecule has 0 spiro atoms. The molecule has 2 atom stereocenters. The monoisotopic (exact) mass is 213 g/mol. The summed E-state index contributed by atoms with van der Waals surface area (Å²) in [5, 5.41) is 2.78. The average molecular weight is 213 g/mol. The fourth-order valence-electron chi connectivity index (χ4n) is 1.57. The highest BCUT2D eigenvalue weighted by Gasteiger charge is 2.25. The van der Waals surface area contributed by atoms with E-state index in [2.05, 4.69) is 5.32 Å². The molecule has 0 bridgehead atoms. The maximum atomic E-state index is 11.4. The quantitative estimate of drug-likeness (QED) is 0.554. The summed E-state index contributed by atoms with van der Waals surface area (Å²) in [6, 6.07) is -0.687. The number of hydrogen-bond acceptors (Lipinski definition) is 3. The molecule has 0 aliphatic heterocycles. The topological polar surface area (TPSA) is 98.2 Å². The second-order valence-electron chi connectivity index (χ2n) is 4.37. The fraction of sp³-hybridized carbons (Fsp3) is 0.800. The third-order valence-corrected chi connectivity index (χ3v) is 2.53. The van der Waals surface area contributed by atoms with Gasteiger partial charge in [0.2, 0.25) is 11.8 Å². The number of carbonyl (C=O) groups is 2. The zero-order valence-corrected chi connectivity index (χ0v) is 9.03. The van der Waals surface area contributed by atoms with Crippen LogP contribution in [0, 0.1) is 5.92 Å². The number of nitrogens with two attached hydrogens (primary N) is 2. The fourth-order valence-corrected chi connectivity index (χ4v) is 1.57. The molecular formula is C10H19N3O2. The predicted octanol–water partition coefficient (Wildman–Crippen LogP) is -0.506. The van der Waals surface area contributed by atoms with Gasteiger partial charge in [-0.15, -0.1) is 0 Å². The first-order valence-corrected chi connectivity index (χ1v) is 5.33. The molecule has 1 aliphatic rings. The average Bonchev–Trinajstić information content (AvgIpc) is 2.86. The Morgan fingerprint density at radius 3 is 2.53 bits per heavy atom. The van der Waals surface area contributed by atoms with Gasteiger partial charge in [0.25, 0.3) is 0 Å². The van der Waals surface area contributed by atoms with Gasteiger partial charge in [-0.3, -0.25) is 9.59 Å². The predicted molar refractivity (Wildman–Crippen MR) is 56.7 cm³/mol. The highest BCUT2D eigenvalue weighted by molar-refractivity contribution is 5.87. The minimum absolute atomic E-state index is 0.0953. The molecule has 5 nitrogen and oxygen atoms in total. The molecule has 0 saturated heterocycles. The molecule has 2 amide bonds. The van der Waals surface area contributed by atoms with Gasteiger partial charge in [-0.2, -0.15) is 0 Å². The molecule has 1 rings (SSSR count). The third kappa shape index (κ3) is 4.78. The van der Waals surface area contributed by atoms with Crippen LogP contribution >= 0.6 is 0 Å². The molecule has 0 radical (unpaired) electrons. The van der Waals surface area contributed by atoms with Crippen LogP contribution in [0.3, 0.4) is 0 Å². The van der Waals surface area contributed by atoms with Crippen LogP contribution in [0.2, 0.25) is 0 Å². The van der Waals surface area contributed by atoms with Crippen LogP contribution in [0.5, 0.6) is 0 Å². The van der Waals surface area contributed by atoms with Crippen molar-refractivity contribution in [3.63, 3.8) is 0 Å². The second-order valence-corrected chi connectivity index (χ2v) is 4.37. The van der Waals surface area contributed by atoms with Gasteiger partial charge < -0.3 is 16.8 Å². The first-order valence-electron chi connectivity index (χ1n) is 5.33. The standard InChI is InChI=1S/C10H19N3O2/c1-6(4-7-2-3-7)13-10(15)8(11)5-9(12)14/h6-8H,2-5,11H2,1H3,(H2,12,14)(H,13,15). The summed E-state index contributed by atoms with van der Waals surface area (Å²) in [5.41, 5.74) is 10.5. The van der Waals surface area contributed by atoms with Gasteiger partial charge in [0.15, 0.2) is 0 Å². The van der Waals surface area contributed by atoms with Gasteiger partial charge in [0.05, 0.1) is 12.5 Å². The Labute approximate surface area is 89.6 Å². The van der Waals surface area contributed by atoms with Crippen molar-refractivity contribution in [1.29, 1.82) is 0 Å². The summed E-state index contributed by atoms with van der Waals surface area (Å²) < 4.78 is 0. The maximum absolute atomic E-state index is 11.4. The van der Waals surface area contributed by atoms with Crippen LogP contribution in [-0.4, -0.2) is 23.9 Å². The summed E-state index contributed by atoms with van der Waals surface area (Å²) in [7, 11) is 0. The molecule has 1 saturated carbocycles. The summed E-state index contributed by atoms with van der Waals surface area (Å²) in [6.45, 7) is 1.95. The Balaban J connectivity index is 2.23. The minimum atomic E-state index is -0.816. The van der Waals surface area contributed by atoms with E-state index in [-0.39, 0.29) is 18.4 Å². The zero-order valence-electron chi connectivity index (χ0n) is 9.03. The molecule has 5 N–H and O–H groups in total. The number of rotatable bonds is 6. The lowest BCUT2D eigenvalue weighted by Gasteiger charge is -2.16. The van der Waals surface area contributed by atoms with E-state index < -0.39 is 11.9 Å². The SMILES string of the molecule is CC(CC1CC1)NC(=O)C(N)CC(N)=O. The number of carbonyl (C=O) groups excluding carboxylic acids is 2. The van der Waals surface area contributed by atoms with Crippen molar-refractivity contribution in [2.45, 2.75) is 44.7 Å². The van der Waals surface area contributed by atoms with Crippen molar-refractivity contribution < 1.29 is 9.59 Å². The Hall–Kier alpha value is -1.10. The normalized spacial score (nSPS) is 19.3. The molecular weight excluding hydrogens is 194 g/mol. The van der Waals surface area contributed by atoms with E-state index in [0.29, 0.717) is 0 Å². The van der Waals surface area contributed by atoms with E-state index in [1.807, 2.05) is 6.92 Å². The highest BCUT2D eigenvalue weighted by Crippen LogP contribution is 2.33. The Kier molecular flexibility index (Phi) is 4.08. The number of amides is 2. The first kappa shape index (κ1) is 12.0. The summed E-state index contributed by atoms with van der Waals surface area (Å²) in [4.78, 5) is 22.0. The van der Waals surface area contributed by atoms with Crippen LogP contribution in [-0.2, 0) is 9.59 Å². The van der Waals surface area contributed by atoms with Gasteiger partial charge in [0, 0.05) is 6.04 Å². The lowest BCUT2D eigenvalue weighted by atomic mass is 10.1. The summed E-state index contributed by atoms with van der Waals surface area (Å²) in [5.74, 6) is -0.0814. The molecule has 86 valence electrons. The Bertz CT molecular complexity index is 251. The van der Waals surface area contributed by atoms with Gasteiger partial charge >= 0.3 is 0 Å². The van der Waals surface area contributed by atoms with Crippen LogP contribution in [0.4, 0.5) is 0 Å². The van der Waals surface area contributed by atoms with Crippen molar-refractivity contribution in [3.05, 3.63) is 0 Å². The van der Waals surface area contributed by atoms with E-state index in [4.69, 9.17) is 11.5 Å². The molecule has 5 heteroatoms. The maximum Gasteiger partial charge on any atom is 0.237 e. The summed E-state index contributed by atoms with van der Waals surface area (Å²) in [6.07, 6.45) is 3.41. The van der Waals surface area contributed by atoms with Crippen LogP contribution in [0.1, 0.15) is 32.6 Å². The lowest BCUT2D eigenvalue weighted by Crippen LogP contribution is -2.46. The van der Waals surface area contributed by atoms with Gasteiger partial charge in [-0.05, 0) is 19.3 Å². The van der Waals surface area contributed by atoms with E-state index in [1.165, 1.54) is 12.8 Å². The lowest BCUT2D eigenvalue weighted by molar-refractivity contribution is -0.126. The molecule has 0 aromatic carbocycles. The molecule has 15 heavy (non-hydrogen) atoms. The molecule has 0 heterocycles. The second kappa shape index (κ2) is 5.11. The van der Waals surface area contributed by atoms with E-state index >= 15 is 0 Å². The van der Waals surface area contributed by atoms with Gasteiger partial charge in [-0.25, -0.2) is 0 Å². The largest absolute Gasteiger partial charge is 0.370 e. The van der Waals surface area contributed by atoms with Gasteiger partial charge in [-0.1, -0.05) is 12.8 Å². The molecule has 1 aliphatic carbocycles. The van der Waals surface area contributed by atoms with Crippen LogP contribution in [0.15, 0.2) is 0 Å². The van der Waals surface area contributed by atoms with Crippen molar-refractivity contribution in [2.24, 2.45) is 17.4 Å². The van der Waals surface area contributed by atoms with Crippen LogP contribution in [0.25, 0.3) is 0 Å². The smallest absolute Gasteiger partial charge is 0.237 e. The van der Waals surface area contributed by atoms with Crippen molar-refractivity contribution in [2.75, 3.05) is 0 Å². The molecule has 0 aromatic rings. The summed E-state index contributed by atoms with van der Waals surface area (Å²) >= 11 is 0. The van der Waals surface area contributed by atoms with E-state index in [9.17, 15) is 9.59 Å². The molecule has 0 aromatic heterocycles. The van der Waals surface area contributed by atoms with Crippen molar-refractivity contribution in [3.8, 4) is 0 Å². The minimum Gasteiger partial charge on any atom is -0.370 e. The van der Waals surface area contributed by atoms with Gasteiger partial charge in [0.1, 0.15) is 0 Å².